The molecule has 1 aliphatic rings. The number of hydrogen-bond donors (Lipinski definition) is 17. The fourth-order valence-electron chi connectivity index (χ4n) is 11.5. The van der Waals surface area contributed by atoms with Gasteiger partial charge in [0.25, 0.3) is 5.91 Å². The van der Waals surface area contributed by atoms with Crippen molar-refractivity contribution in [2.75, 3.05) is 52.3 Å². The van der Waals surface area contributed by atoms with Crippen molar-refractivity contribution >= 4 is 109 Å². The van der Waals surface area contributed by atoms with Crippen LogP contribution in [0.1, 0.15) is 93.5 Å². The summed E-state index contributed by atoms with van der Waals surface area (Å²) in [7, 11) is 1.06. The number of fused-ring (bicyclic) bond motifs is 1. The van der Waals surface area contributed by atoms with Gasteiger partial charge < -0.3 is 110 Å². The summed E-state index contributed by atoms with van der Waals surface area (Å²) < 4.78 is 36.7. The van der Waals surface area contributed by atoms with Crippen molar-refractivity contribution in [2.24, 2.45) is 33.8 Å². The highest BCUT2D eigenvalue weighted by molar-refractivity contribution is 8.00. The van der Waals surface area contributed by atoms with Crippen molar-refractivity contribution in [3.8, 4) is 23.0 Å². The van der Waals surface area contributed by atoms with E-state index in [-0.39, 0.29) is 97.9 Å². The van der Waals surface area contributed by atoms with Gasteiger partial charge in [0.05, 0.1) is 59.2 Å². The third kappa shape index (κ3) is 25.2. The number of ether oxygens (including phenoxy) is 3. The molecule has 6 aromatic rings. The van der Waals surface area contributed by atoms with E-state index in [9.17, 15) is 62.4 Å². The normalized spacial score (nSPS) is 20.2. The molecular formula is C73H97ClN18O17S. The van der Waals surface area contributed by atoms with E-state index in [0.29, 0.717) is 56.5 Å². The monoisotopic (exact) mass is 1560 g/mol. The van der Waals surface area contributed by atoms with Crippen LogP contribution in [0.5, 0.6) is 23.0 Å². The second kappa shape index (κ2) is 42.3. The Morgan fingerprint density at radius 1 is 0.673 bits per heavy atom. The minimum absolute atomic E-state index is 0.0208. The first-order chi connectivity index (χ1) is 52.6. The molecule has 0 radical (unpaired) electrons. The topological polar surface area (TPSA) is 544 Å². The van der Waals surface area contributed by atoms with Gasteiger partial charge in [-0.2, -0.15) is 4.99 Å². The van der Waals surface area contributed by atoms with E-state index < -0.39 is 149 Å². The van der Waals surface area contributed by atoms with Crippen LogP contribution >= 0.6 is 11.6 Å². The Morgan fingerprint density at radius 3 is 1.84 bits per heavy atom. The third-order valence-electron chi connectivity index (χ3n) is 17.3. The molecule has 0 spiro atoms. The lowest BCUT2D eigenvalue weighted by Gasteiger charge is -2.28. The maximum Gasteiger partial charge on any atom is 0.252 e. The molecule has 12 atom stereocenters. The van der Waals surface area contributed by atoms with E-state index in [1.807, 2.05) is 0 Å². The van der Waals surface area contributed by atoms with Crippen molar-refractivity contribution in [2.45, 2.75) is 152 Å². The molecule has 0 bridgehead atoms. The molecule has 594 valence electrons. The minimum Gasteiger partial charge on any atom is -0.493 e. The highest BCUT2D eigenvalue weighted by Crippen LogP contribution is 2.38. The lowest BCUT2D eigenvalue weighted by atomic mass is 10.00. The molecule has 0 saturated carbocycles. The number of aliphatic hydroxyl groups excluding tert-OH is 2. The number of aryl methyl sites for hydroxylation is 1. The van der Waals surface area contributed by atoms with E-state index in [1.165, 1.54) is 58.4 Å². The lowest BCUT2D eigenvalue weighted by Crippen LogP contribution is -2.61. The van der Waals surface area contributed by atoms with E-state index in [2.05, 4.69) is 73.6 Å². The van der Waals surface area contributed by atoms with E-state index in [1.54, 1.807) is 93.7 Å². The Bertz CT molecular complexity index is 4250. The number of carbonyl (C=O) groups is 10. The number of amidine groups is 1. The number of nitrogens with zero attached hydrogens (tertiary/aromatic N) is 3. The van der Waals surface area contributed by atoms with Gasteiger partial charge in [-0.3, -0.25) is 57.1 Å². The second-order valence-electron chi connectivity index (χ2n) is 26.4. The molecule has 1 unspecified atom stereocenters. The Kier molecular flexibility index (Phi) is 33.3. The number of carbonyl (C=O) groups excluding carboxylic acids is 10. The summed E-state index contributed by atoms with van der Waals surface area (Å²) in [5.74, 6) is -7.68. The Labute approximate surface area is 642 Å². The number of aromatic nitrogens is 2. The van der Waals surface area contributed by atoms with Crippen LogP contribution < -0.4 is 95.6 Å². The first-order valence-electron chi connectivity index (χ1n) is 35.5. The van der Waals surface area contributed by atoms with Gasteiger partial charge in [-0.1, -0.05) is 73.1 Å². The number of methoxy groups -OCH3 is 2. The smallest absolute Gasteiger partial charge is 0.252 e. The molecule has 110 heavy (non-hydrogen) atoms. The summed E-state index contributed by atoms with van der Waals surface area (Å²) >= 11 is 6.82. The second-order valence-corrected chi connectivity index (χ2v) is 28.1. The first kappa shape index (κ1) is 86.5. The highest BCUT2D eigenvalue weighted by Gasteiger charge is 2.38. The first-order valence-corrected chi connectivity index (χ1v) is 37.2. The number of rotatable bonds is 28. The average molecular weight is 1570 g/mol. The van der Waals surface area contributed by atoms with Crippen molar-refractivity contribution in [1.82, 2.24) is 63.3 Å². The fraction of sp³-hybridized carbons (Fsp3) is 0.438. The van der Waals surface area contributed by atoms with E-state index >= 15 is 0 Å². The zero-order valence-corrected chi connectivity index (χ0v) is 63.5. The number of halogens is 1. The zero-order valence-electron chi connectivity index (χ0n) is 61.9. The zero-order chi connectivity index (χ0) is 80.3. The minimum atomic E-state index is -1.96. The molecule has 3 heterocycles. The van der Waals surface area contributed by atoms with Gasteiger partial charge in [-0.05, 0) is 139 Å². The van der Waals surface area contributed by atoms with Gasteiger partial charge >= 0.3 is 0 Å². The Balaban J connectivity index is 1.09. The number of pyridine rings is 1. The third-order valence-corrected chi connectivity index (χ3v) is 18.8. The van der Waals surface area contributed by atoms with Crippen molar-refractivity contribution in [1.29, 1.82) is 0 Å². The number of aliphatic imine (C=N–C) groups is 1. The Morgan fingerprint density at radius 2 is 1.26 bits per heavy atom. The molecule has 0 aliphatic carbocycles. The van der Waals surface area contributed by atoms with Crippen LogP contribution in [0.3, 0.4) is 0 Å². The van der Waals surface area contributed by atoms with Crippen LogP contribution in [0, 0.1) is 12.8 Å². The quantitative estimate of drug-likeness (QED) is 0.0227. The van der Waals surface area contributed by atoms with E-state index in [4.69, 9.17) is 53.3 Å². The van der Waals surface area contributed by atoms with Crippen LogP contribution in [0.15, 0.2) is 113 Å². The van der Waals surface area contributed by atoms with Gasteiger partial charge in [-0.25, -0.2) is 0 Å². The molecule has 7 rings (SSSR count). The van der Waals surface area contributed by atoms with Crippen molar-refractivity contribution in [3.63, 3.8) is 0 Å². The molecule has 2 aromatic heterocycles. The summed E-state index contributed by atoms with van der Waals surface area (Å²) in [4.78, 5) is 152. The van der Waals surface area contributed by atoms with Gasteiger partial charge in [0.2, 0.25) is 53.2 Å². The van der Waals surface area contributed by atoms with Crippen LogP contribution in [-0.2, 0) is 66.1 Å². The molecule has 10 amide bonds. The van der Waals surface area contributed by atoms with Crippen molar-refractivity contribution < 1.29 is 81.1 Å². The van der Waals surface area contributed by atoms with Gasteiger partial charge in [0.1, 0.15) is 71.6 Å². The molecule has 4 aromatic carbocycles. The fourth-order valence-corrected chi connectivity index (χ4v) is 12.7. The molecule has 35 nitrogen and oxygen atoms in total. The van der Waals surface area contributed by atoms with Crippen molar-refractivity contribution in [3.05, 3.63) is 131 Å². The number of nitrogens with one attached hydrogen (secondary N) is 11. The molecule has 37 heteroatoms. The van der Waals surface area contributed by atoms with Crippen LogP contribution in [0.2, 0.25) is 5.02 Å². The van der Waals surface area contributed by atoms with Crippen LogP contribution in [0.25, 0.3) is 10.9 Å². The molecule has 1 aliphatic heterocycles. The van der Waals surface area contributed by atoms with Gasteiger partial charge in [-0.15, -0.1) is 0 Å². The number of hydrogen-bond acceptors (Lipinski definition) is 24. The molecular weight excluding hydrogens is 1470 g/mol. The lowest BCUT2D eigenvalue weighted by molar-refractivity contribution is -0.136. The molecule has 1 saturated heterocycles. The summed E-state index contributed by atoms with van der Waals surface area (Å²) in [6.45, 7) is 6.34. The maximum absolute atomic E-state index is 14.7. The summed E-state index contributed by atoms with van der Waals surface area (Å²) in [6, 6.07) is 11.8. The number of aliphatic hydroxyl groups is 2. The number of amides is 10. The standard InChI is InChI=1S/C73H97ClN18O17S/c1-38(2)31-55-69(101)83-49(19-25-75)64(96)82-52(22-28-78)68(100)91-61(40(4)93)71(103)80-29-23-53(67(99)81-50(20-26-76)66(98)87-56(70(102)86-55)33-42-11-9-8-10-12-42)84-65(97)51(21-27-77)85-72(104)62(41(5)94)90-63(95)44-15-13-43(14-16-44)37-110(105)73(89-60-32-39(3)109-92-60)88-48-18-17-45(34-47(48)74)108-57-24-30-79-54-36-59(107-7)58(106-6)35-46(54)57/h8-18,24,30,32,34-36,38,40-41,49-53,55-56,61-62,93-94H,19-23,25-29,31,33,37,75-78H2,1-7H3,(H,80,103)(H,81,99)(H,82,96)(H,83,101)(H,84,97)(H,85,104)(H,86,102)(H,87,98)(H,90,95)(H,91,100)(H,88,89,92)/t40-,41-,49+,50+,51+,52+,53+,55+,56-,61+,62+,110?/m1/s1. The summed E-state index contributed by atoms with van der Waals surface area (Å²) in [6.07, 6.45) is -3.14. The maximum atomic E-state index is 14.7. The highest BCUT2D eigenvalue weighted by atomic mass is 35.5. The summed E-state index contributed by atoms with van der Waals surface area (Å²) in [5, 5.41) is 55.2. The largest absolute Gasteiger partial charge is 0.493 e. The SMILES string of the molecule is COc1cc2nccc(Oc3ccc(NC(=Nc4cc(C)on4)S(=O)Cc4ccc(C(=O)N[C@H](C(=O)N[C@@H](CCN)C(=O)N[C@H]5CCNC(=O)[C@H]([C@@H](C)O)NC(=O)[C@H](CCN)NC(=O)[C@H](CCN)NC(=O)[C@H](CC(C)C)NC(=O)[C@@H](Cc6ccccc6)NC(=O)[C@H](CCN)NC5=O)[C@@H](C)O)cc4)c(Cl)c3)c2cc1OC. The number of anilines is 1. The van der Waals surface area contributed by atoms with Crippen LogP contribution in [-0.4, -0.2) is 202 Å². The predicted octanol–water partition coefficient (Wildman–Crippen LogP) is -0.0151. The molecule has 21 N–H and O–H groups in total. The van der Waals surface area contributed by atoms with Gasteiger partial charge in [0, 0.05) is 48.3 Å². The van der Waals surface area contributed by atoms with Gasteiger partial charge in [0.15, 0.2) is 22.5 Å². The predicted molar refractivity (Wildman–Crippen MR) is 409 cm³/mol. The molecule has 1 fully saturated rings. The number of nitrogens with two attached hydrogens (primary N) is 4. The average Bonchev–Trinajstić information content (AvgIpc) is 1.49. The van der Waals surface area contributed by atoms with E-state index in [0.717, 1.165) is 0 Å². The van der Waals surface area contributed by atoms with Crippen LogP contribution in [0.4, 0.5) is 11.5 Å². The Hall–Kier alpha value is -10.7. The number of benzene rings is 4. The summed E-state index contributed by atoms with van der Waals surface area (Å²) in [5.41, 5.74) is 25.6.